The maximum absolute atomic E-state index is 4.90. The van der Waals surface area contributed by atoms with Gasteiger partial charge in [-0.1, -0.05) is 100 Å². The van der Waals surface area contributed by atoms with E-state index >= 15 is 0 Å². The van der Waals surface area contributed by atoms with E-state index in [2.05, 4.69) is 107 Å². The third kappa shape index (κ3) is 7.54. The minimum Gasteiger partial charge on any atom is -0.249 e. The lowest BCUT2D eigenvalue weighted by atomic mass is 10.2. The molecular formula is C35H29NS10. The van der Waals surface area contributed by atoms with Crippen molar-refractivity contribution in [1.29, 1.82) is 0 Å². The summed E-state index contributed by atoms with van der Waals surface area (Å²) in [6, 6.07) is 10.9. The molecule has 234 valence electrons. The monoisotopic (exact) mass is 783 g/mol. The second-order valence-electron chi connectivity index (χ2n) is 10.6. The van der Waals surface area contributed by atoms with Crippen LogP contribution in [0.4, 0.5) is 0 Å². The molecule has 4 aliphatic rings. The summed E-state index contributed by atoms with van der Waals surface area (Å²) < 4.78 is 5.71. The van der Waals surface area contributed by atoms with E-state index in [1.54, 1.807) is 22.7 Å². The van der Waals surface area contributed by atoms with E-state index < -0.39 is 0 Å². The summed E-state index contributed by atoms with van der Waals surface area (Å²) in [7, 11) is 0. The van der Waals surface area contributed by atoms with E-state index in [4.69, 9.17) is 4.98 Å². The van der Waals surface area contributed by atoms with Gasteiger partial charge in [-0.2, -0.15) is 0 Å². The minimum atomic E-state index is 0.967. The zero-order valence-electron chi connectivity index (χ0n) is 25.9. The predicted octanol–water partition coefficient (Wildman–Crippen LogP) is 15.6. The number of rotatable bonds is 6. The Kier molecular flexibility index (Phi) is 10.7. The first-order valence-corrected chi connectivity index (χ1v) is 22.7. The predicted molar refractivity (Wildman–Crippen MR) is 227 cm³/mol. The number of hydrogen-bond donors (Lipinski definition) is 0. The Balaban J connectivity index is 0.986. The molecule has 1 nitrogen and oxygen atoms in total. The fraction of sp³-hybridized carbons (Fsp3) is 0.171. The van der Waals surface area contributed by atoms with Crippen LogP contribution in [0.1, 0.15) is 73.8 Å². The second-order valence-corrected chi connectivity index (χ2v) is 22.9. The molecule has 0 aromatic carbocycles. The van der Waals surface area contributed by atoms with Gasteiger partial charge in [0, 0.05) is 40.5 Å². The Morgan fingerprint density at radius 2 is 0.826 bits per heavy atom. The summed E-state index contributed by atoms with van der Waals surface area (Å²) in [5, 5.41) is 4.57. The van der Waals surface area contributed by atoms with Crippen LogP contribution in [0.3, 0.4) is 0 Å². The lowest BCUT2D eigenvalue weighted by Gasteiger charge is -2.02. The highest BCUT2D eigenvalue weighted by Crippen LogP contribution is 2.63. The van der Waals surface area contributed by atoms with E-state index in [0.717, 1.165) is 11.4 Å². The molecule has 7 rings (SSSR count). The highest BCUT2D eigenvalue weighted by Gasteiger charge is 2.28. The first kappa shape index (κ1) is 33.8. The Morgan fingerprint density at radius 1 is 0.457 bits per heavy atom. The highest BCUT2D eigenvalue weighted by molar-refractivity contribution is 8.36. The minimum absolute atomic E-state index is 0.967. The van der Waals surface area contributed by atoms with Crippen LogP contribution in [-0.2, 0) is 0 Å². The smallest absolute Gasteiger partial charge is 0.0703 e. The van der Waals surface area contributed by atoms with Crippen molar-refractivity contribution < 1.29 is 0 Å². The molecule has 7 heterocycles. The van der Waals surface area contributed by atoms with E-state index in [-0.39, 0.29) is 0 Å². The average molecular weight is 784 g/mol. The van der Waals surface area contributed by atoms with E-state index in [9.17, 15) is 0 Å². The van der Waals surface area contributed by atoms with Gasteiger partial charge in [-0.25, -0.2) is 4.98 Å². The van der Waals surface area contributed by atoms with E-state index in [0.29, 0.717) is 0 Å². The zero-order chi connectivity index (χ0) is 31.9. The molecule has 46 heavy (non-hydrogen) atoms. The van der Waals surface area contributed by atoms with Crippen molar-refractivity contribution in [3.05, 3.63) is 120 Å². The number of nitrogens with zero attached hydrogens (tertiary/aromatic N) is 1. The molecular weight excluding hydrogens is 755 g/mol. The normalized spacial score (nSPS) is 19.4. The van der Waals surface area contributed by atoms with E-state index in [1.807, 2.05) is 94.1 Å². The summed E-state index contributed by atoms with van der Waals surface area (Å²) >= 11 is 19.0. The molecule has 0 amide bonds. The largest absolute Gasteiger partial charge is 0.249 e. The van der Waals surface area contributed by atoms with Gasteiger partial charge in [0.2, 0.25) is 0 Å². The van der Waals surface area contributed by atoms with Crippen molar-refractivity contribution in [1.82, 2.24) is 4.98 Å². The van der Waals surface area contributed by atoms with Crippen molar-refractivity contribution in [2.45, 2.75) is 41.5 Å². The van der Waals surface area contributed by atoms with Gasteiger partial charge in [0.1, 0.15) is 0 Å². The Bertz CT molecular complexity index is 1830. The fourth-order valence-electron chi connectivity index (χ4n) is 4.59. The Labute approximate surface area is 314 Å². The van der Waals surface area contributed by atoms with Crippen molar-refractivity contribution in [3.63, 3.8) is 0 Å². The van der Waals surface area contributed by atoms with Gasteiger partial charge in [-0.05, 0) is 120 Å². The van der Waals surface area contributed by atoms with E-state index in [1.165, 1.54) is 77.1 Å². The fourth-order valence-corrected chi connectivity index (χ4v) is 17.2. The van der Waals surface area contributed by atoms with Crippen LogP contribution in [-0.4, -0.2) is 4.98 Å². The lowest BCUT2D eigenvalue weighted by Crippen LogP contribution is -1.83. The van der Waals surface area contributed by atoms with Gasteiger partial charge in [0.15, 0.2) is 0 Å². The first-order chi connectivity index (χ1) is 22.2. The molecule has 0 bridgehead atoms. The van der Waals surface area contributed by atoms with Gasteiger partial charge in [-0.15, -0.1) is 22.7 Å². The van der Waals surface area contributed by atoms with Crippen molar-refractivity contribution >= 4 is 151 Å². The van der Waals surface area contributed by atoms with Crippen LogP contribution >= 0.6 is 117 Å². The number of pyridine rings is 1. The van der Waals surface area contributed by atoms with Crippen molar-refractivity contribution in [2.24, 2.45) is 0 Å². The average Bonchev–Trinajstić information content (AvgIpc) is 3.88. The molecule has 4 aliphatic heterocycles. The van der Waals surface area contributed by atoms with Crippen LogP contribution in [0.2, 0.25) is 0 Å². The van der Waals surface area contributed by atoms with Gasteiger partial charge in [0.25, 0.3) is 0 Å². The maximum Gasteiger partial charge on any atom is 0.0703 e. The molecule has 0 saturated heterocycles. The highest BCUT2D eigenvalue weighted by atomic mass is 32.2. The number of thiophene rings is 2. The summed E-state index contributed by atoms with van der Waals surface area (Å²) in [6.45, 7) is 13.4. The molecule has 0 N–H and O–H groups in total. The molecule has 3 aromatic rings. The Hall–Kier alpha value is -0.730. The second kappa shape index (κ2) is 14.6. The van der Waals surface area contributed by atoms with Gasteiger partial charge >= 0.3 is 0 Å². The summed E-state index contributed by atoms with van der Waals surface area (Å²) in [5.41, 5.74) is 4.57. The molecule has 0 spiro atoms. The maximum atomic E-state index is 4.90. The van der Waals surface area contributed by atoms with Crippen LogP contribution in [0.15, 0.2) is 87.5 Å². The van der Waals surface area contributed by atoms with Crippen molar-refractivity contribution in [3.8, 4) is 0 Å². The SMILES string of the molecule is CC1=C(C)SC(=C2SC(C)=C(c3csc(/C=C/c4cccc(/C=C/c5cc(C6=C(C)SC(=C7SC(C)=C(C)S7)S6)cs5)n4)c3)S2)S1. The Morgan fingerprint density at radius 3 is 1.24 bits per heavy atom. The number of thioether (sulfide) groups is 8. The van der Waals surface area contributed by atoms with Gasteiger partial charge in [0.05, 0.1) is 28.3 Å². The number of allylic oxidation sites excluding steroid dienone is 6. The molecule has 0 radical (unpaired) electrons. The van der Waals surface area contributed by atoms with Gasteiger partial charge in [-0.3, -0.25) is 0 Å². The summed E-state index contributed by atoms with van der Waals surface area (Å²) in [4.78, 5) is 18.6. The first-order valence-electron chi connectivity index (χ1n) is 14.4. The number of aromatic nitrogens is 1. The standard InChI is InChI=1S/C35H29NS10/c1-18-19(2)40-32(39-18)34-43-22(5)30(45-34)24-14-28(37-16-24)12-10-26-8-7-9-27(36-26)11-13-29-15-25(17-38-29)31-23(6)44-35(46-31)33-41-20(3)21(4)42-33/h7-17H,1-6H3/b12-10+,13-11+. The topological polar surface area (TPSA) is 12.9 Å². The molecule has 0 aliphatic carbocycles. The summed E-state index contributed by atoms with van der Waals surface area (Å²) in [5.74, 6) is 0. The number of hydrogen-bond acceptors (Lipinski definition) is 11. The summed E-state index contributed by atoms with van der Waals surface area (Å²) in [6.07, 6.45) is 8.63. The molecule has 11 heteroatoms. The van der Waals surface area contributed by atoms with Crippen LogP contribution in [0.25, 0.3) is 34.1 Å². The van der Waals surface area contributed by atoms with Gasteiger partial charge < -0.3 is 0 Å². The van der Waals surface area contributed by atoms with Crippen molar-refractivity contribution in [2.75, 3.05) is 0 Å². The molecule has 3 aromatic heterocycles. The van der Waals surface area contributed by atoms with Crippen LogP contribution < -0.4 is 0 Å². The molecule has 0 atom stereocenters. The van der Waals surface area contributed by atoms with Crippen LogP contribution in [0.5, 0.6) is 0 Å². The van der Waals surface area contributed by atoms with Crippen LogP contribution in [0, 0.1) is 0 Å². The molecule has 0 unspecified atom stereocenters. The zero-order valence-corrected chi connectivity index (χ0v) is 34.0. The molecule has 0 saturated carbocycles. The molecule has 0 fully saturated rings. The third-order valence-corrected chi connectivity index (χ3v) is 20.6. The third-order valence-electron chi connectivity index (χ3n) is 7.22. The quantitative estimate of drug-likeness (QED) is 0.240. The lowest BCUT2D eigenvalue weighted by molar-refractivity contribution is 1.27.